The molecule has 0 fully saturated rings. The first-order valence-electron chi connectivity index (χ1n) is 7.37. The molecule has 1 aromatic carbocycles. The molecule has 1 aromatic heterocycles. The number of nitrogens with zero attached hydrogens (tertiary/aromatic N) is 2. The normalized spacial score (nSPS) is 11.2. The van der Waals surface area contributed by atoms with Crippen molar-refractivity contribution >= 4 is 0 Å². The highest BCUT2D eigenvalue weighted by Gasteiger charge is 2.06. The Bertz CT molecular complexity index is 555. The topological polar surface area (TPSA) is 29.9 Å². The second-order valence-corrected chi connectivity index (χ2v) is 5.71. The van der Waals surface area contributed by atoms with Gasteiger partial charge < -0.3 is 5.32 Å². The lowest BCUT2D eigenvalue weighted by Gasteiger charge is -2.12. The Labute approximate surface area is 122 Å². The minimum absolute atomic E-state index is 0.540. The minimum atomic E-state index is 0.540. The average molecular weight is 271 g/mol. The Morgan fingerprint density at radius 2 is 1.85 bits per heavy atom. The van der Waals surface area contributed by atoms with Crippen LogP contribution in [0.25, 0.3) is 0 Å². The van der Waals surface area contributed by atoms with Crippen molar-refractivity contribution in [2.45, 2.75) is 46.7 Å². The molecule has 0 unspecified atom stereocenters. The molecule has 0 bridgehead atoms. The van der Waals surface area contributed by atoms with Crippen LogP contribution in [0, 0.1) is 13.8 Å². The highest BCUT2D eigenvalue weighted by atomic mass is 15.3. The van der Waals surface area contributed by atoms with E-state index >= 15 is 0 Å². The van der Waals surface area contributed by atoms with Gasteiger partial charge >= 0.3 is 0 Å². The summed E-state index contributed by atoms with van der Waals surface area (Å²) < 4.78 is 2.09. The van der Waals surface area contributed by atoms with Crippen LogP contribution in [0.1, 0.15) is 36.4 Å². The molecule has 0 amide bonds. The van der Waals surface area contributed by atoms with E-state index in [-0.39, 0.29) is 0 Å². The zero-order chi connectivity index (χ0) is 14.5. The van der Waals surface area contributed by atoms with Gasteiger partial charge in [0.15, 0.2) is 0 Å². The van der Waals surface area contributed by atoms with Crippen molar-refractivity contribution in [3.8, 4) is 0 Å². The van der Waals surface area contributed by atoms with Crippen LogP contribution >= 0.6 is 0 Å². The lowest BCUT2D eigenvalue weighted by Crippen LogP contribution is -2.25. The van der Waals surface area contributed by atoms with Gasteiger partial charge in [0.25, 0.3) is 0 Å². The first-order valence-corrected chi connectivity index (χ1v) is 7.37. The van der Waals surface area contributed by atoms with E-state index < -0.39 is 0 Å². The van der Waals surface area contributed by atoms with Crippen LogP contribution in [-0.4, -0.2) is 22.4 Å². The molecule has 0 aliphatic rings. The van der Waals surface area contributed by atoms with Crippen LogP contribution in [0.15, 0.2) is 30.3 Å². The largest absolute Gasteiger partial charge is 0.314 e. The molecule has 2 aromatic rings. The SMILES string of the molecule is Cc1cc(C)n(Cc2ccccc2CCNC(C)C)n1. The fourth-order valence-corrected chi connectivity index (χ4v) is 2.45. The summed E-state index contributed by atoms with van der Waals surface area (Å²) in [6.45, 7) is 10.4. The summed E-state index contributed by atoms with van der Waals surface area (Å²) in [6, 6.07) is 11.3. The van der Waals surface area contributed by atoms with E-state index in [0.29, 0.717) is 6.04 Å². The summed E-state index contributed by atoms with van der Waals surface area (Å²) in [5.41, 5.74) is 5.08. The summed E-state index contributed by atoms with van der Waals surface area (Å²) in [5.74, 6) is 0. The second kappa shape index (κ2) is 6.71. The van der Waals surface area contributed by atoms with E-state index in [1.54, 1.807) is 0 Å². The third kappa shape index (κ3) is 3.94. The number of hydrogen-bond acceptors (Lipinski definition) is 2. The number of benzene rings is 1. The zero-order valence-corrected chi connectivity index (χ0v) is 13.0. The number of aryl methyl sites for hydroxylation is 2. The van der Waals surface area contributed by atoms with Crippen molar-refractivity contribution in [3.05, 3.63) is 52.8 Å². The predicted molar refractivity (Wildman–Crippen MR) is 84.1 cm³/mol. The standard InChI is InChI=1S/C17H25N3/c1-13(2)18-10-9-16-7-5-6-8-17(16)12-20-15(4)11-14(3)19-20/h5-8,11,13,18H,9-10,12H2,1-4H3. The smallest absolute Gasteiger partial charge is 0.0665 e. The molecule has 20 heavy (non-hydrogen) atoms. The zero-order valence-electron chi connectivity index (χ0n) is 13.0. The van der Waals surface area contributed by atoms with Crippen molar-refractivity contribution in [1.82, 2.24) is 15.1 Å². The molecule has 3 heteroatoms. The Kier molecular flexibility index (Phi) is 4.96. The monoisotopic (exact) mass is 271 g/mol. The quantitative estimate of drug-likeness (QED) is 0.875. The first kappa shape index (κ1) is 14.8. The van der Waals surface area contributed by atoms with Crippen LogP contribution in [0.5, 0.6) is 0 Å². The van der Waals surface area contributed by atoms with E-state index in [9.17, 15) is 0 Å². The fourth-order valence-electron chi connectivity index (χ4n) is 2.45. The van der Waals surface area contributed by atoms with Gasteiger partial charge in [0, 0.05) is 11.7 Å². The van der Waals surface area contributed by atoms with Crippen LogP contribution < -0.4 is 5.32 Å². The molecule has 0 radical (unpaired) electrons. The molecule has 1 heterocycles. The maximum absolute atomic E-state index is 4.56. The molecular weight excluding hydrogens is 246 g/mol. The van der Waals surface area contributed by atoms with Crippen molar-refractivity contribution in [3.63, 3.8) is 0 Å². The Hall–Kier alpha value is -1.61. The Morgan fingerprint density at radius 1 is 1.15 bits per heavy atom. The number of aromatic nitrogens is 2. The van der Waals surface area contributed by atoms with Crippen molar-refractivity contribution in [1.29, 1.82) is 0 Å². The van der Waals surface area contributed by atoms with Crippen molar-refractivity contribution in [2.24, 2.45) is 0 Å². The van der Waals surface area contributed by atoms with Gasteiger partial charge in [0.1, 0.15) is 0 Å². The maximum Gasteiger partial charge on any atom is 0.0665 e. The molecule has 0 spiro atoms. The van der Waals surface area contributed by atoms with Gasteiger partial charge in [-0.25, -0.2) is 0 Å². The molecular formula is C17H25N3. The molecule has 3 nitrogen and oxygen atoms in total. The average Bonchev–Trinajstić information content (AvgIpc) is 2.69. The number of hydrogen-bond donors (Lipinski definition) is 1. The third-order valence-electron chi connectivity index (χ3n) is 3.49. The Morgan fingerprint density at radius 3 is 2.45 bits per heavy atom. The highest BCUT2D eigenvalue weighted by molar-refractivity contribution is 5.28. The number of nitrogens with one attached hydrogen (secondary N) is 1. The van der Waals surface area contributed by atoms with Gasteiger partial charge in [-0.05, 0) is 44.0 Å². The minimum Gasteiger partial charge on any atom is -0.314 e. The predicted octanol–water partition coefficient (Wildman–Crippen LogP) is 3.09. The molecule has 2 rings (SSSR count). The van der Waals surface area contributed by atoms with Crippen molar-refractivity contribution in [2.75, 3.05) is 6.54 Å². The third-order valence-corrected chi connectivity index (χ3v) is 3.49. The Balaban J connectivity index is 2.09. The molecule has 1 N–H and O–H groups in total. The van der Waals surface area contributed by atoms with E-state index in [1.165, 1.54) is 16.8 Å². The molecule has 0 atom stereocenters. The first-order chi connectivity index (χ1) is 9.56. The summed E-state index contributed by atoms with van der Waals surface area (Å²) in [4.78, 5) is 0. The number of rotatable bonds is 6. The van der Waals surface area contributed by atoms with Gasteiger partial charge in [-0.3, -0.25) is 4.68 Å². The van der Waals surface area contributed by atoms with Crippen LogP contribution in [0.2, 0.25) is 0 Å². The molecule has 0 saturated heterocycles. The highest BCUT2D eigenvalue weighted by Crippen LogP contribution is 2.13. The molecule has 108 valence electrons. The summed E-state index contributed by atoms with van der Waals surface area (Å²) in [7, 11) is 0. The van der Waals surface area contributed by atoms with Gasteiger partial charge in [0.2, 0.25) is 0 Å². The lowest BCUT2D eigenvalue weighted by molar-refractivity contribution is 0.586. The second-order valence-electron chi connectivity index (χ2n) is 5.71. The lowest BCUT2D eigenvalue weighted by atomic mass is 10.0. The molecule has 0 saturated carbocycles. The van der Waals surface area contributed by atoms with E-state index in [1.807, 2.05) is 6.92 Å². The molecule has 0 aliphatic carbocycles. The summed E-state index contributed by atoms with van der Waals surface area (Å²) >= 11 is 0. The summed E-state index contributed by atoms with van der Waals surface area (Å²) in [5, 5.41) is 8.03. The molecule has 0 aliphatic heterocycles. The van der Waals surface area contributed by atoms with Gasteiger partial charge in [-0.1, -0.05) is 38.1 Å². The van der Waals surface area contributed by atoms with Crippen molar-refractivity contribution < 1.29 is 0 Å². The van der Waals surface area contributed by atoms with Crippen LogP contribution in [0.4, 0.5) is 0 Å². The van der Waals surface area contributed by atoms with E-state index in [0.717, 1.165) is 25.2 Å². The van der Waals surface area contributed by atoms with Gasteiger partial charge in [-0.15, -0.1) is 0 Å². The van der Waals surface area contributed by atoms with Gasteiger partial charge in [0.05, 0.1) is 12.2 Å². The van der Waals surface area contributed by atoms with Crippen LogP contribution in [0.3, 0.4) is 0 Å². The van der Waals surface area contributed by atoms with E-state index in [2.05, 4.69) is 66.2 Å². The maximum atomic E-state index is 4.56. The summed E-state index contributed by atoms with van der Waals surface area (Å²) in [6.07, 6.45) is 1.06. The fraction of sp³-hybridized carbons (Fsp3) is 0.471. The van der Waals surface area contributed by atoms with Gasteiger partial charge in [-0.2, -0.15) is 5.10 Å². The van der Waals surface area contributed by atoms with E-state index in [4.69, 9.17) is 0 Å². The van der Waals surface area contributed by atoms with Crippen LogP contribution in [-0.2, 0) is 13.0 Å².